The van der Waals surface area contributed by atoms with Crippen molar-refractivity contribution in [2.45, 2.75) is 65.2 Å². The zero-order chi connectivity index (χ0) is 16.5. The van der Waals surface area contributed by atoms with E-state index < -0.39 is 0 Å². The lowest BCUT2D eigenvalue weighted by Gasteiger charge is -2.03. The summed E-state index contributed by atoms with van der Waals surface area (Å²) in [6.45, 7) is 6.07. The average molecular weight is 428 g/mol. The van der Waals surface area contributed by atoms with Crippen molar-refractivity contribution in [2.75, 3.05) is 24.6 Å². The first kappa shape index (κ1) is 25.4. The Balaban J connectivity index is 0. The van der Waals surface area contributed by atoms with Gasteiger partial charge in [-0.2, -0.15) is 0 Å². The lowest BCUT2D eigenvalue weighted by molar-refractivity contribution is 0.712. The minimum atomic E-state index is 0. The maximum Gasteiger partial charge on any atom is 0.153 e. The van der Waals surface area contributed by atoms with Gasteiger partial charge in [-0.25, -0.2) is 0 Å². The molecule has 4 nitrogen and oxygen atoms in total. The average Bonchev–Trinajstić information content (AvgIpc) is 2.50. The van der Waals surface area contributed by atoms with Crippen molar-refractivity contribution in [3.05, 3.63) is 0 Å². The van der Waals surface area contributed by atoms with Crippen molar-refractivity contribution in [3.63, 3.8) is 0 Å². The van der Waals surface area contributed by atoms with Gasteiger partial charge in [-0.3, -0.25) is 9.98 Å². The number of unbranched alkanes of at least 4 members (excludes halogenated alkanes) is 5. The van der Waals surface area contributed by atoms with Crippen molar-refractivity contribution < 1.29 is 0 Å². The van der Waals surface area contributed by atoms with Crippen LogP contribution in [0, 0.1) is 0 Å². The summed E-state index contributed by atoms with van der Waals surface area (Å²) in [5.41, 5.74) is 11.7. The first-order valence-corrected chi connectivity index (χ1v) is 10.5. The van der Waals surface area contributed by atoms with E-state index in [-0.39, 0.29) is 17.0 Å². The van der Waals surface area contributed by atoms with Crippen molar-refractivity contribution in [3.8, 4) is 0 Å². The van der Waals surface area contributed by atoms with Crippen molar-refractivity contribution in [1.82, 2.24) is 0 Å². The maximum atomic E-state index is 5.84. The van der Waals surface area contributed by atoms with E-state index in [4.69, 9.17) is 11.5 Å². The van der Waals surface area contributed by atoms with E-state index in [0.29, 0.717) is 0 Å². The zero-order valence-corrected chi connectivity index (χ0v) is 18.1. The molecule has 0 bridgehead atoms. The number of rotatable bonds is 13. The SMILES string of the molecule is Br.CCCCN=C(N)SCCCCCCSC(N)=NCCCC. The summed E-state index contributed by atoms with van der Waals surface area (Å²) >= 11 is 3.38. The van der Waals surface area contributed by atoms with Gasteiger partial charge in [-0.15, -0.1) is 17.0 Å². The number of nitrogens with zero attached hydrogens (tertiary/aromatic N) is 2. The molecule has 0 unspecified atom stereocenters. The van der Waals surface area contributed by atoms with Crippen LogP contribution in [0.3, 0.4) is 0 Å². The fourth-order valence-corrected chi connectivity index (χ4v) is 3.18. The van der Waals surface area contributed by atoms with E-state index in [1.165, 1.54) is 38.5 Å². The summed E-state index contributed by atoms with van der Waals surface area (Å²) in [6.07, 6.45) is 9.53. The van der Waals surface area contributed by atoms with Gasteiger partial charge in [-0.05, 0) is 25.7 Å². The molecule has 0 rings (SSSR count). The molecule has 23 heavy (non-hydrogen) atoms. The normalized spacial score (nSPS) is 12.3. The molecule has 0 heterocycles. The molecule has 0 amide bonds. The van der Waals surface area contributed by atoms with Gasteiger partial charge in [0.25, 0.3) is 0 Å². The second-order valence-corrected chi connectivity index (χ2v) is 7.49. The third-order valence-corrected chi connectivity index (χ3v) is 4.93. The number of nitrogens with two attached hydrogens (primary N) is 2. The maximum absolute atomic E-state index is 5.84. The molecule has 0 aromatic heterocycles. The molecule has 0 atom stereocenters. The van der Waals surface area contributed by atoms with Crippen LogP contribution in [-0.2, 0) is 0 Å². The molecule has 138 valence electrons. The second kappa shape index (κ2) is 20.2. The van der Waals surface area contributed by atoms with Gasteiger partial charge in [0.2, 0.25) is 0 Å². The topological polar surface area (TPSA) is 76.8 Å². The monoisotopic (exact) mass is 426 g/mol. The Morgan fingerprint density at radius 2 is 1.09 bits per heavy atom. The van der Waals surface area contributed by atoms with Crippen LogP contribution >= 0.6 is 40.5 Å². The number of halogens is 1. The summed E-state index contributed by atoms with van der Waals surface area (Å²) < 4.78 is 0. The molecule has 4 N–H and O–H groups in total. The number of hydrogen-bond acceptors (Lipinski definition) is 4. The fraction of sp³-hybridized carbons (Fsp3) is 0.875. The molecular weight excluding hydrogens is 392 g/mol. The van der Waals surface area contributed by atoms with Crippen molar-refractivity contribution >= 4 is 50.8 Å². The minimum absolute atomic E-state index is 0. The molecule has 0 aliphatic carbocycles. The second-order valence-electron chi connectivity index (χ2n) is 5.26. The molecule has 0 saturated heterocycles. The van der Waals surface area contributed by atoms with Crippen LogP contribution in [-0.4, -0.2) is 34.9 Å². The van der Waals surface area contributed by atoms with E-state index >= 15 is 0 Å². The Labute approximate surface area is 161 Å². The number of aliphatic imine (C=N–C) groups is 2. The summed E-state index contributed by atoms with van der Waals surface area (Å²) in [7, 11) is 0. The standard InChI is InChI=1S/C16H34N4S2.BrH/c1-3-5-11-19-15(17)21-13-9-7-8-10-14-22-16(18)20-12-6-4-2;/h3-14H2,1-2H3,(H2,17,19)(H2,18,20);1H. The highest BCUT2D eigenvalue weighted by atomic mass is 79.9. The first-order valence-electron chi connectivity index (χ1n) is 8.56. The molecule has 0 aromatic carbocycles. The summed E-state index contributed by atoms with van der Waals surface area (Å²) in [4.78, 5) is 8.68. The molecule has 0 aliphatic rings. The smallest absolute Gasteiger partial charge is 0.153 e. The Hall–Kier alpha value is 0.120. The molecule has 7 heteroatoms. The number of hydrogen-bond donors (Lipinski definition) is 2. The van der Waals surface area contributed by atoms with Gasteiger partial charge in [0, 0.05) is 24.6 Å². The molecular formula is C16H35BrN4S2. The summed E-state index contributed by atoms with van der Waals surface area (Å²) in [5, 5.41) is 1.50. The number of thioether (sulfide) groups is 2. The van der Waals surface area contributed by atoms with E-state index in [0.717, 1.165) is 47.8 Å². The predicted molar refractivity (Wildman–Crippen MR) is 117 cm³/mol. The van der Waals surface area contributed by atoms with Crippen LogP contribution in [0.5, 0.6) is 0 Å². The highest BCUT2D eigenvalue weighted by Gasteiger charge is 1.97. The third-order valence-electron chi connectivity index (χ3n) is 3.10. The molecule has 0 saturated carbocycles. The highest BCUT2D eigenvalue weighted by Crippen LogP contribution is 2.11. The van der Waals surface area contributed by atoms with Crippen LogP contribution in [0.1, 0.15) is 65.2 Å². The van der Waals surface area contributed by atoms with Gasteiger partial charge >= 0.3 is 0 Å². The highest BCUT2D eigenvalue weighted by molar-refractivity contribution is 8.93. The zero-order valence-electron chi connectivity index (χ0n) is 14.8. The van der Waals surface area contributed by atoms with Crippen molar-refractivity contribution in [1.29, 1.82) is 0 Å². The lowest BCUT2D eigenvalue weighted by Crippen LogP contribution is -2.08. The van der Waals surface area contributed by atoms with E-state index in [1.807, 2.05) is 0 Å². The number of amidine groups is 2. The van der Waals surface area contributed by atoms with E-state index in [1.54, 1.807) is 23.5 Å². The first-order chi connectivity index (χ1) is 10.7. The largest absolute Gasteiger partial charge is 0.379 e. The Morgan fingerprint density at radius 1 is 0.696 bits per heavy atom. The summed E-state index contributed by atoms with van der Waals surface area (Å²) in [6, 6.07) is 0. The Morgan fingerprint density at radius 3 is 1.43 bits per heavy atom. The molecule has 0 radical (unpaired) electrons. The molecule has 0 fully saturated rings. The van der Waals surface area contributed by atoms with Crippen LogP contribution in [0.2, 0.25) is 0 Å². The van der Waals surface area contributed by atoms with Gasteiger partial charge in [0.1, 0.15) is 0 Å². The Bertz CT molecular complexity index is 282. The molecule has 0 aromatic rings. The third kappa shape index (κ3) is 20.1. The van der Waals surface area contributed by atoms with Crippen LogP contribution in [0.25, 0.3) is 0 Å². The lowest BCUT2D eigenvalue weighted by atomic mass is 10.2. The predicted octanol–water partition coefficient (Wildman–Crippen LogP) is 4.82. The van der Waals surface area contributed by atoms with Gasteiger partial charge in [-0.1, -0.05) is 63.1 Å². The summed E-state index contributed by atoms with van der Waals surface area (Å²) in [5.74, 6) is 2.16. The molecule has 0 aliphatic heterocycles. The van der Waals surface area contributed by atoms with Crippen LogP contribution in [0.15, 0.2) is 9.98 Å². The van der Waals surface area contributed by atoms with E-state index in [2.05, 4.69) is 23.8 Å². The minimum Gasteiger partial charge on any atom is -0.379 e. The van der Waals surface area contributed by atoms with Gasteiger partial charge in [0.05, 0.1) is 0 Å². The molecule has 0 spiro atoms. The van der Waals surface area contributed by atoms with Crippen molar-refractivity contribution in [2.24, 2.45) is 21.5 Å². The quantitative estimate of drug-likeness (QED) is 0.251. The van der Waals surface area contributed by atoms with Gasteiger partial charge < -0.3 is 11.5 Å². The van der Waals surface area contributed by atoms with Gasteiger partial charge in [0.15, 0.2) is 10.3 Å². The fourth-order valence-electron chi connectivity index (χ4n) is 1.70. The van der Waals surface area contributed by atoms with Crippen LogP contribution < -0.4 is 11.5 Å². The van der Waals surface area contributed by atoms with Crippen LogP contribution in [0.4, 0.5) is 0 Å². The van der Waals surface area contributed by atoms with E-state index in [9.17, 15) is 0 Å². The Kier molecular flexibility index (Phi) is 22.2.